The van der Waals surface area contributed by atoms with Gasteiger partial charge in [0.05, 0.1) is 6.61 Å². The van der Waals surface area contributed by atoms with Gasteiger partial charge in [-0.25, -0.2) is 0 Å². The smallest absolute Gasteiger partial charge is 0.254 e. The van der Waals surface area contributed by atoms with E-state index in [1.807, 2.05) is 30.3 Å². The normalized spacial score (nSPS) is 13.0. The molecular weight excluding hydrogens is 414 g/mol. The molecule has 9 nitrogen and oxygen atoms in total. The van der Waals surface area contributed by atoms with Crippen molar-refractivity contribution in [3.63, 3.8) is 0 Å². The second-order valence-corrected chi connectivity index (χ2v) is 7.05. The van der Waals surface area contributed by atoms with Gasteiger partial charge in [-0.15, -0.1) is 0 Å². The SMILES string of the molecule is CN(C)C(=O)[C@H](O)[C@@H](O)C(=O)N[C@@H](CO)C(=O)Nc1ccc(C#Cc2ccccc2)cc1. The number of carbonyl (C=O) groups is 3. The van der Waals surface area contributed by atoms with Crippen LogP contribution in [0.4, 0.5) is 5.69 Å². The summed E-state index contributed by atoms with van der Waals surface area (Å²) in [5.41, 5.74) is 1.99. The molecule has 3 amide bonds. The Morgan fingerprint density at radius 3 is 1.97 bits per heavy atom. The maximum atomic E-state index is 12.4. The average Bonchev–Trinajstić information content (AvgIpc) is 2.80. The van der Waals surface area contributed by atoms with Crippen molar-refractivity contribution in [2.75, 3.05) is 26.0 Å². The summed E-state index contributed by atoms with van der Waals surface area (Å²) in [5, 5.41) is 33.7. The first kappa shape index (κ1) is 24.6. The van der Waals surface area contributed by atoms with Gasteiger partial charge in [0.2, 0.25) is 5.91 Å². The molecule has 0 aromatic heterocycles. The van der Waals surface area contributed by atoms with E-state index in [1.54, 1.807) is 24.3 Å². The lowest BCUT2D eigenvalue weighted by Gasteiger charge is -2.22. The van der Waals surface area contributed by atoms with Crippen molar-refractivity contribution < 1.29 is 29.7 Å². The van der Waals surface area contributed by atoms with Gasteiger partial charge in [-0.1, -0.05) is 30.0 Å². The zero-order valence-corrected chi connectivity index (χ0v) is 17.6. The summed E-state index contributed by atoms with van der Waals surface area (Å²) in [5.74, 6) is 3.22. The van der Waals surface area contributed by atoms with Gasteiger partial charge in [-0.3, -0.25) is 14.4 Å². The third kappa shape index (κ3) is 6.92. The number of carbonyl (C=O) groups excluding carboxylic acids is 3. The fraction of sp³-hybridized carbons (Fsp3) is 0.261. The molecule has 0 saturated carbocycles. The van der Waals surface area contributed by atoms with Crippen LogP contribution in [0, 0.1) is 11.8 Å². The van der Waals surface area contributed by atoms with Crippen LogP contribution < -0.4 is 10.6 Å². The molecule has 168 valence electrons. The molecule has 0 heterocycles. The minimum Gasteiger partial charge on any atom is -0.394 e. The zero-order valence-electron chi connectivity index (χ0n) is 17.6. The van der Waals surface area contributed by atoms with Crippen molar-refractivity contribution >= 4 is 23.4 Å². The maximum Gasteiger partial charge on any atom is 0.254 e. The van der Waals surface area contributed by atoms with Crippen LogP contribution in [0.1, 0.15) is 11.1 Å². The van der Waals surface area contributed by atoms with Crippen LogP contribution in [-0.4, -0.2) is 76.9 Å². The molecule has 0 saturated heterocycles. The van der Waals surface area contributed by atoms with Crippen LogP contribution in [0.25, 0.3) is 0 Å². The van der Waals surface area contributed by atoms with Crippen molar-refractivity contribution in [3.05, 3.63) is 65.7 Å². The van der Waals surface area contributed by atoms with Crippen LogP contribution in [0.15, 0.2) is 54.6 Å². The number of anilines is 1. The third-order valence-corrected chi connectivity index (χ3v) is 4.35. The second-order valence-electron chi connectivity index (χ2n) is 7.05. The highest BCUT2D eigenvalue weighted by Gasteiger charge is 2.33. The van der Waals surface area contributed by atoms with Gasteiger partial charge in [-0.2, -0.15) is 0 Å². The highest BCUT2D eigenvalue weighted by atomic mass is 16.3. The number of nitrogens with one attached hydrogen (secondary N) is 2. The molecule has 9 heteroatoms. The Labute approximate surface area is 185 Å². The monoisotopic (exact) mass is 439 g/mol. The molecule has 32 heavy (non-hydrogen) atoms. The number of aliphatic hydroxyl groups excluding tert-OH is 3. The minimum atomic E-state index is -2.10. The molecule has 3 atom stereocenters. The molecule has 2 aromatic carbocycles. The number of likely N-dealkylation sites (N-methyl/N-ethyl adjacent to an activating group) is 1. The van der Waals surface area contributed by atoms with Crippen molar-refractivity contribution in [2.24, 2.45) is 0 Å². The number of amides is 3. The Balaban J connectivity index is 1.97. The molecule has 0 bridgehead atoms. The van der Waals surface area contributed by atoms with E-state index >= 15 is 0 Å². The van der Waals surface area contributed by atoms with E-state index in [9.17, 15) is 29.7 Å². The van der Waals surface area contributed by atoms with Crippen molar-refractivity contribution in [1.29, 1.82) is 0 Å². The van der Waals surface area contributed by atoms with Crippen LogP contribution in [0.3, 0.4) is 0 Å². The Kier molecular flexibility index (Phi) is 8.92. The summed E-state index contributed by atoms with van der Waals surface area (Å²) >= 11 is 0. The third-order valence-electron chi connectivity index (χ3n) is 4.35. The number of benzene rings is 2. The summed E-state index contributed by atoms with van der Waals surface area (Å²) in [7, 11) is 2.69. The Morgan fingerprint density at radius 2 is 1.44 bits per heavy atom. The lowest BCUT2D eigenvalue weighted by molar-refractivity contribution is -0.151. The van der Waals surface area contributed by atoms with Gasteiger partial charge in [0, 0.05) is 30.9 Å². The van der Waals surface area contributed by atoms with Crippen LogP contribution in [-0.2, 0) is 14.4 Å². The van der Waals surface area contributed by atoms with Gasteiger partial charge >= 0.3 is 0 Å². The molecule has 0 aliphatic rings. The van der Waals surface area contributed by atoms with E-state index in [-0.39, 0.29) is 0 Å². The summed E-state index contributed by atoms with van der Waals surface area (Å²) in [6.45, 7) is -0.761. The lowest BCUT2D eigenvalue weighted by atomic mass is 10.1. The molecular formula is C23H25N3O6. The van der Waals surface area contributed by atoms with E-state index in [0.29, 0.717) is 5.69 Å². The van der Waals surface area contributed by atoms with E-state index in [4.69, 9.17) is 0 Å². The largest absolute Gasteiger partial charge is 0.394 e. The summed E-state index contributed by atoms with van der Waals surface area (Å²) in [6, 6.07) is 14.7. The number of aliphatic hydroxyl groups is 3. The van der Waals surface area contributed by atoms with Crippen LogP contribution in [0.5, 0.6) is 0 Å². The Morgan fingerprint density at radius 1 is 0.875 bits per heavy atom. The first-order valence-corrected chi connectivity index (χ1v) is 9.69. The van der Waals surface area contributed by atoms with Gasteiger partial charge < -0.3 is 30.9 Å². The lowest BCUT2D eigenvalue weighted by Crippen LogP contribution is -2.54. The maximum absolute atomic E-state index is 12.4. The number of nitrogens with zero attached hydrogens (tertiary/aromatic N) is 1. The van der Waals surface area contributed by atoms with Crippen LogP contribution >= 0.6 is 0 Å². The minimum absolute atomic E-state index is 0.399. The predicted octanol–water partition coefficient (Wildman–Crippen LogP) is -0.688. The number of rotatable bonds is 7. The molecule has 0 radical (unpaired) electrons. The van der Waals surface area contributed by atoms with Crippen LogP contribution in [0.2, 0.25) is 0 Å². The fourth-order valence-electron chi connectivity index (χ4n) is 2.53. The highest BCUT2D eigenvalue weighted by molar-refractivity contribution is 5.98. The van der Waals surface area contributed by atoms with Crippen molar-refractivity contribution in [2.45, 2.75) is 18.2 Å². The quantitative estimate of drug-likeness (QED) is 0.362. The average molecular weight is 439 g/mol. The molecule has 0 aliphatic heterocycles. The van der Waals surface area contributed by atoms with Crippen molar-refractivity contribution in [1.82, 2.24) is 10.2 Å². The van der Waals surface area contributed by atoms with E-state index in [0.717, 1.165) is 16.0 Å². The van der Waals surface area contributed by atoms with E-state index in [1.165, 1.54) is 14.1 Å². The number of hydrogen-bond acceptors (Lipinski definition) is 6. The first-order chi connectivity index (χ1) is 15.2. The fourth-order valence-corrected chi connectivity index (χ4v) is 2.53. The Hall–Kier alpha value is -3.71. The summed E-state index contributed by atoms with van der Waals surface area (Å²) in [6.07, 6.45) is -4.11. The van der Waals surface area contributed by atoms with Crippen molar-refractivity contribution in [3.8, 4) is 11.8 Å². The highest BCUT2D eigenvalue weighted by Crippen LogP contribution is 2.10. The summed E-state index contributed by atoms with van der Waals surface area (Å²) in [4.78, 5) is 37.1. The zero-order chi connectivity index (χ0) is 23.7. The molecule has 0 unspecified atom stereocenters. The molecule has 2 aromatic rings. The topological polar surface area (TPSA) is 139 Å². The number of hydrogen-bond donors (Lipinski definition) is 5. The Bertz CT molecular complexity index is 996. The molecule has 0 spiro atoms. The standard InChI is InChI=1S/C23H25N3O6/c1-26(2)23(32)20(29)19(28)22(31)25-18(14-27)21(30)24-17-12-10-16(11-13-17)9-8-15-6-4-3-5-7-15/h3-7,10-13,18-20,27-29H,14H2,1-2H3,(H,24,30)(H,25,31)/t18-,19+,20+/m0/s1. The van der Waals surface area contributed by atoms with E-state index < -0.39 is 42.6 Å². The van der Waals surface area contributed by atoms with Gasteiger partial charge in [0.15, 0.2) is 12.2 Å². The second kappa shape index (κ2) is 11.6. The predicted molar refractivity (Wildman–Crippen MR) is 117 cm³/mol. The molecule has 2 rings (SSSR count). The molecule has 0 aliphatic carbocycles. The van der Waals surface area contributed by atoms with Gasteiger partial charge in [0.1, 0.15) is 6.04 Å². The summed E-state index contributed by atoms with van der Waals surface area (Å²) < 4.78 is 0. The van der Waals surface area contributed by atoms with E-state index in [2.05, 4.69) is 22.5 Å². The first-order valence-electron chi connectivity index (χ1n) is 9.69. The molecule has 5 N–H and O–H groups in total. The van der Waals surface area contributed by atoms with Gasteiger partial charge in [-0.05, 0) is 36.4 Å². The van der Waals surface area contributed by atoms with Gasteiger partial charge in [0.25, 0.3) is 11.8 Å². The molecule has 0 fully saturated rings.